The van der Waals surface area contributed by atoms with Crippen molar-refractivity contribution in [2.45, 2.75) is 19.5 Å². The highest BCUT2D eigenvalue weighted by atomic mass is 19.4. The van der Waals surface area contributed by atoms with E-state index in [9.17, 15) is 18.0 Å². The number of carbonyl (C=O) groups is 1. The molecule has 0 bridgehead atoms. The number of anilines is 3. The van der Waals surface area contributed by atoms with Crippen LogP contribution in [0.1, 0.15) is 27.0 Å². The average Bonchev–Trinajstić information content (AvgIpc) is 3.45. The fraction of sp³-hybridized carbons (Fsp3) is 0.269. The summed E-state index contributed by atoms with van der Waals surface area (Å²) >= 11 is 0. The summed E-state index contributed by atoms with van der Waals surface area (Å²) in [6, 6.07) is 9.87. The molecule has 3 heterocycles. The quantitative estimate of drug-likeness (QED) is 0.356. The van der Waals surface area contributed by atoms with E-state index in [1.165, 1.54) is 12.1 Å². The Kier molecular flexibility index (Phi) is 7.05. The molecule has 196 valence electrons. The number of imidazole rings is 1. The summed E-state index contributed by atoms with van der Waals surface area (Å²) in [6.07, 6.45) is 0.292. The molecule has 0 radical (unpaired) electrons. The highest BCUT2D eigenvalue weighted by Crippen LogP contribution is 2.30. The van der Waals surface area contributed by atoms with Gasteiger partial charge in [0, 0.05) is 43.2 Å². The Labute approximate surface area is 216 Å². The van der Waals surface area contributed by atoms with Crippen LogP contribution in [0.2, 0.25) is 0 Å². The van der Waals surface area contributed by atoms with Crippen molar-refractivity contribution in [3.05, 3.63) is 83.4 Å². The molecule has 0 saturated carbocycles. The van der Waals surface area contributed by atoms with E-state index < -0.39 is 11.7 Å². The Morgan fingerprint density at radius 1 is 1.05 bits per heavy atom. The molecule has 0 aliphatic carbocycles. The van der Waals surface area contributed by atoms with E-state index in [2.05, 4.69) is 25.3 Å². The number of ether oxygens (including phenoxy) is 1. The second-order valence-electron chi connectivity index (χ2n) is 8.78. The van der Waals surface area contributed by atoms with Gasteiger partial charge in [0.05, 0.1) is 18.8 Å². The van der Waals surface area contributed by atoms with Crippen LogP contribution in [-0.2, 0) is 17.3 Å². The summed E-state index contributed by atoms with van der Waals surface area (Å²) in [5.74, 6) is 0.812. The Bertz CT molecular complexity index is 1440. The first-order valence-corrected chi connectivity index (χ1v) is 11.9. The first-order valence-electron chi connectivity index (χ1n) is 11.9. The van der Waals surface area contributed by atoms with Gasteiger partial charge in [-0.2, -0.15) is 28.1 Å². The molecule has 1 saturated heterocycles. The molecular weight excluding hydrogens is 499 g/mol. The van der Waals surface area contributed by atoms with Crippen molar-refractivity contribution in [1.29, 1.82) is 0 Å². The monoisotopic (exact) mass is 523 g/mol. The second-order valence-corrected chi connectivity index (χ2v) is 8.78. The van der Waals surface area contributed by atoms with Crippen LogP contribution in [-0.4, -0.2) is 56.6 Å². The maximum absolute atomic E-state index is 13.1. The number of aryl methyl sites for hydroxylation is 1. The molecular formula is C26H24F3N7O2. The van der Waals surface area contributed by atoms with Crippen molar-refractivity contribution < 1.29 is 22.7 Å². The third-order valence-electron chi connectivity index (χ3n) is 6.07. The zero-order valence-corrected chi connectivity index (χ0v) is 20.4. The molecule has 1 aliphatic rings. The van der Waals surface area contributed by atoms with Gasteiger partial charge in [-0.1, -0.05) is 30.3 Å². The molecule has 1 fully saturated rings. The molecule has 0 unspecified atom stereocenters. The molecule has 1 N–H and O–H groups in total. The van der Waals surface area contributed by atoms with Gasteiger partial charge in [-0.25, -0.2) is 4.98 Å². The van der Waals surface area contributed by atoms with Crippen molar-refractivity contribution in [1.82, 2.24) is 24.5 Å². The lowest BCUT2D eigenvalue weighted by molar-refractivity contribution is -0.137. The maximum atomic E-state index is 13.1. The molecule has 5 rings (SSSR count). The van der Waals surface area contributed by atoms with E-state index in [0.717, 1.165) is 17.7 Å². The lowest BCUT2D eigenvalue weighted by Crippen LogP contribution is -2.37. The van der Waals surface area contributed by atoms with Crippen LogP contribution in [0.3, 0.4) is 0 Å². The first-order chi connectivity index (χ1) is 18.3. The number of hydrogen-bond donors (Lipinski definition) is 1. The van der Waals surface area contributed by atoms with E-state index >= 15 is 0 Å². The number of hydrogen-bond acceptors (Lipinski definition) is 8. The number of benzene rings is 2. The number of morpholine rings is 1. The predicted octanol–water partition coefficient (Wildman–Crippen LogP) is 4.39. The third-order valence-corrected chi connectivity index (χ3v) is 6.07. The normalized spacial score (nSPS) is 13.9. The summed E-state index contributed by atoms with van der Waals surface area (Å²) in [5, 5.41) is 3.19. The standard InChI is InChI=1S/C26H24F3N7O2/c1-17-5-6-19(22(37)14-18-3-2-4-20(13-18)26(27,28)29)15-21(17)31-23-32-24(35-9-11-38-12-10-35)34-25(33-23)36-8-7-30-16-36/h2-8,13,15-16H,9-12,14H2,1H3,(H,31,32,33,34). The number of halogens is 3. The summed E-state index contributed by atoms with van der Waals surface area (Å²) in [7, 11) is 0. The van der Waals surface area contributed by atoms with Crippen molar-refractivity contribution >= 4 is 23.4 Å². The van der Waals surface area contributed by atoms with Gasteiger partial charge >= 0.3 is 6.18 Å². The molecule has 9 nitrogen and oxygen atoms in total. The number of Topliss-reactive ketones (excluding diaryl/α,β-unsaturated/α-hetero) is 1. The van der Waals surface area contributed by atoms with Crippen LogP contribution in [0.25, 0.3) is 5.95 Å². The topological polar surface area (TPSA) is 98.1 Å². The molecule has 4 aromatic rings. The summed E-state index contributed by atoms with van der Waals surface area (Å²) in [5.41, 5.74) is 1.28. The molecule has 0 spiro atoms. The van der Waals surface area contributed by atoms with Crippen molar-refractivity contribution in [2.75, 3.05) is 36.5 Å². The smallest absolute Gasteiger partial charge is 0.378 e. The van der Waals surface area contributed by atoms with Crippen LogP contribution < -0.4 is 10.2 Å². The fourth-order valence-electron chi connectivity index (χ4n) is 4.00. The van der Waals surface area contributed by atoms with Gasteiger partial charge in [0.1, 0.15) is 6.33 Å². The average molecular weight is 524 g/mol. The van der Waals surface area contributed by atoms with E-state index in [0.29, 0.717) is 49.5 Å². The summed E-state index contributed by atoms with van der Waals surface area (Å²) < 4.78 is 46.3. The Balaban J connectivity index is 1.41. The maximum Gasteiger partial charge on any atom is 0.416 e. The molecule has 2 aromatic heterocycles. The number of nitrogens with one attached hydrogen (secondary N) is 1. The molecule has 1 aliphatic heterocycles. The summed E-state index contributed by atoms with van der Waals surface area (Å²) in [4.78, 5) is 32.7. The highest BCUT2D eigenvalue weighted by Gasteiger charge is 2.30. The van der Waals surface area contributed by atoms with Crippen LogP contribution in [0.4, 0.5) is 30.8 Å². The highest BCUT2D eigenvalue weighted by molar-refractivity contribution is 5.98. The lowest BCUT2D eigenvalue weighted by Gasteiger charge is -2.27. The van der Waals surface area contributed by atoms with Gasteiger partial charge in [0.15, 0.2) is 5.78 Å². The van der Waals surface area contributed by atoms with Gasteiger partial charge in [0.25, 0.3) is 0 Å². The molecule has 0 amide bonds. The molecule has 2 aromatic carbocycles. The zero-order valence-electron chi connectivity index (χ0n) is 20.4. The number of rotatable bonds is 7. The summed E-state index contributed by atoms with van der Waals surface area (Å²) in [6.45, 7) is 4.25. The lowest BCUT2D eigenvalue weighted by atomic mass is 9.99. The van der Waals surface area contributed by atoms with E-state index in [-0.39, 0.29) is 23.7 Å². The first kappa shape index (κ1) is 25.3. The second kappa shape index (κ2) is 10.6. The number of aromatic nitrogens is 5. The Morgan fingerprint density at radius 3 is 2.58 bits per heavy atom. The van der Waals surface area contributed by atoms with Crippen molar-refractivity contribution in [3.63, 3.8) is 0 Å². The zero-order chi connectivity index (χ0) is 26.7. The van der Waals surface area contributed by atoms with Gasteiger partial charge in [-0.05, 0) is 30.2 Å². The van der Waals surface area contributed by atoms with Gasteiger partial charge in [-0.15, -0.1) is 0 Å². The number of nitrogens with zero attached hydrogens (tertiary/aromatic N) is 6. The van der Waals surface area contributed by atoms with Crippen molar-refractivity contribution in [2.24, 2.45) is 0 Å². The minimum Gasteiger partial charge on any atom is -0.378 e. The molecule has 0 atom stereocenters. The van der Waals surface area contributed by atoms with Gasteiger partial charge in [0.2, 0.25) is 17.8 Å². The van der Waals surface area contributed by atoms with Crippen LogP contribution >= 0.6 is 0 Å². The van der Waals surface area contributed by atoms with E-state index in [1.54, 1.807) is 41.5 Å². The fourth-order valence-corrected chi connectivity index (χ4v) is 4.00. The minimum atomic E-state index is -4.47. The number of alkyl halides is 3. The Morgan fingerprint density at radius 2 is 1.84 bits per heavy atom. The SMILES string of the molecule is Cc1ccc(C(=O)Cc2cccc(C(F)(F)F)c2)cc1Nc1nc(N2CCOCC2)nc(-n2ccnc2)n1. The number of ketones is 1. The van der Waals surface area contributed by atoms with Crippen molar-refractivity contribution in [3.8, 4) is 5.95 Å². The van der Waals surface area contributed by atoms with E-state index in [4.69, 9.17) is 4.74 Å². The van der Waals surface area contributed by atoms with Gasteiger partial charge in [-0.3, -0.25) is 9.36 Å². The predicted molar refractivity (Wildman–Crippen MR) is 134 cm³/mol. The Hall–Kier alpha value is -4.32. The molecule has 12 heteroatoms. The third kappa shape index (κ3) is 5.80. The van der Waals surface area contributed by atoms with E-state index in [1.807, 2.05) is 11.8 Å². The molecule has 38 heavy (non-hydrogen) atoms. The van der Waals surface area contributed by atoms with Gasteiger partial charge < -0.3 is 15.0 Å². The van der Waals surface area contributed by atoms with Crippen LogP contribution in [0.5, 0.6) is 0 Å². The van der Waals surface area contributed by atoms with Crippen LogP contribution in [0, 0.1) is 6.92 Å². The number of carbonyl (C=O) groups excluding carboxylic acids is 1. The minimum absolute atomic E-state index is 0.163. The largest absolute Gasteiger partial charge is 0.416 e. The van der Waals surface area contributed by atoms with Crippen LogP contribution in [0.15, 0.2) is 61.2 Å².